The van der Waals surface area contributed by atoms with E-state index in [0.717, 1.165) is 16.4 Å². The second kappa shape index (κ2) is 5.46. The van der Waals surface area contributed by atoms with Gasteiger partial charge >= 0.3 is 0 Å². The van der Waals surface area contributed by atoms with Gasteiger partial charge in [0.1, 0.15) is 11.1 Å². The molecule has 2 N–H and O–H groups in total. The number of anilines is 1. The summed E-state index contributed by atoms with van der Waals surface area (Å²) >= 11 is 3.39. The first kappa shape index (κ1) is 12.9. The molecule has 6 nitrogen and oxygen atoms in total. The van der Waals surface area contributed by atoms with Crippen LogP contribution >= 0.6 is 15.9 Å². The molecule has 0 radical (unpaired) electrons. The summed E-state index contributed by atoms with van der Waals surface area (Å²) in [7, 11) is 0. The Bertz CT molecular complexity index is 725. The van der Waals surface area contributed by atoms with Crippen LogP contribution in [0.3, 0.4) is 0 Å². The summed E-state index contributed by atoms with van der Waals surface area (Å²) in [6.07, 6.45) is 1.65. The molecule has 2 heterocycles. The third-order valence-corrected chi connectivity index (χ3v) is 3.17. The molecule has 0 aliphatic rings. The van der Waals surface area contributed by atoms with Crippen molar-refractivity contribution in [2.24, 2.45) is 0 Å². The number of benzene rings is 1. The monoisotopic (exact) mass is 333 g/mol. The molecule has 0 unspecified atom stereocenters. The molecule has 0 bridgehead atoms. The average molecular weight is 334 g/mol. The molecular formula is C13H12BrN5O. The standard InChI is InChI=1S/C13H12BrN5O/c1-2-15-13-17-11-10(7-16-19-11)12(18-13)20-9-5-3-8(14)4-6-9/h3-7H,2H2,1H3,(H2,15,16,17,18,19). The maximum absolute atomic E-state index is 5.82. The van der Waals surface area contributed by atoms with Crippen molar-refractivity contribution in [2.75, 3.05) is 11.9 Å². The van der Waals surface area contributed by atoms with Gasteiger partial charge in [-0.05, 0) is 31.2 Å². The van der Waals surface area contributed by atoms with Crippen molar-refractivity contribution in [3.63, 3.8) is 0 Å². The second-order valence-corrected chi connectivity index (χ2v) is 4.99. The van der Waals surface area contributed by atoms with Crippen LogP contribution in [0.15, 0.2) is 34.9 Å². The molecule has 3 aromatic rings. The van der Waals surface area contributed by atoms with Crippen molar-refractivity contribution in [1.82, 2.24) is 20.2 Å². The molecule has 0 fully saturated rings. The smallest absolute Gasteiger partial charge is 0.235 e. The minimum atomic E-state index is 0.474. The highest BCUT2D eigenvalue weighted by Crippen LogP contribution is 2.28. The Morgan fingerprint density at radius 3 is 2.80 bits per heavy atom. The lowest BCUT2D eigenvalue weighted by Crippen LogP contribution is -2.03. The number of aromatic nitrogens is 4. The van der Waals surface area contributed by atoms with E-state index in [4.69, 9.17) is 4.74 Å². The van der Waals surface area contributed by atoms with E-state index < -0.39 is 0 Å². The fraction of sp³-hybridized carbons (Fsp3) is 0.154. The molecule has 0 saturated carbocycles. The molecule has 1 aromatic carbocycles. The summed E-state index contributed by atoms with van der Waals surface area (Å²) in [4.78, 5) is 8.68. The van der Waals surface area contributed by atoms with Crippen LogP contribution in [0.25, 0.3) is 11.0 Å². The summed E-state index contributed by atoms with van der Waals surface area (Å²) < 4.78 is 6.81. The number of ether oxygens (including phenoxy) is 1. The van der Waals surface area contributed by atoms with E-state index in [-0.39, 0.29) is 0 Å². The Kier molecular flexibility index (Phi) is 3.51. The van der Waals surface area contributed by atoms with E-state index in [1.165, 1.54) is 0 Å². The van der Waals surface area contributed by atoms with Gasteiger partial charge in [0, 0.05) is 11.0 Å². The molecule has 0 aliphatic heterocycles. The lowest BCUT2D eigenvalue weighted by Gasteiger charge is -2.08. The zero-order chi connectivity index (χ0) is 13.9. The van der Waals surface area contributed by atoms with E-state index in [9.17, 15) is 0 Å². The highest BCUT2D eigenvalue weighted by molar-refractivity contribution is 9.10. The number of nitrogens with one attached hydrogen (secondary N) is 2. The largest absolute Gasteiger partial charge is 0.438 e. The third kappa shape index (κ3) is 2.57. The van der Waals surface area contributed by atoms with Gasteiger partial charge in [-0.3, -0.25) is 5.10 Å². The summed E-state index contributed by atoms with van der Waals surface area (Å²) in [6.45, 7) is 2.72. The Hall–Kier alpha value is -2.15. The fourth-order valence-corrected chi connectivity index (χ4v) is 2.00. The van der Waals surface area contributed by atoms with Gasteiger partial charge in [0.2, 0.25) is 11.8 Å². The van der Waals surface area contributed by atoms with Crippen LogP contribution in [-0.2, 0) is 0 Å². The third-order valence-electron chi connectivity index (χ3n) is 2.64. The van der Waals surface area contributed by atoms with Crippen LogP contribution in [-0.4, -0.2) is 26.7 Å². The molecule has 0 amide bonds. The van der Waals surface area contributed by atoms with Gasteiger partial charge < -0.3 is 10.1 Å². The van der Waals surface area contributed by atoms with Crippen molar-refractivity contribution in [2.45, 2.75) is 6.92 Å². The second-order valence-electron chi connectivity index (χ2n) is 4.07. The van der Waals surface area contributed by atoms with Gasteiger partial charge in [-0.25, -0.2) is 0 Å². The van der Waals surface area contributed by atoms with Gasteiger partial charge in [-0.1, -0.05) is 15.9 Å². The van der Waals surface area contributed by atoms with Crippen molar-refractivity contribution in [3.8, 4) is 11.6 Å². The quantitative estimate of drug-likeness (QED) is 0.765. The normalized spacial score (nSPS) is 10.7. The molecule has 0 saturated heterocycles. The number of hydrogen-bond donors (Lipinski definition) is 2. The zero-order valence-electron chi connectivity index (χ0n) is 10.7. The van der Waals surface area contributed by atoms with Gasteiger partial charge in [0.05, 0.1) is 6.20 Å². The lowest BCUT2D eigenvalue weighted by molar-refractivity contribution is 0.469. The number of aromatic amines is 1. The van der Waals surface area contributed by atoms with Gasteiger partial charge in [-0.15, -0.1) is 0 Å². The Morgan fingerprint density at radius 1 is 1.25 bits per heavy atom. The number of H-pyrrole nitrogens is 1. The molecule has 0 aliphatic carbocycles. The predicted molar refractivity (Wildman–Crippen MR) is 80.1 cm³/mol. The van der Waals surface area contributed by atoms with Crippen LogP contribution in [0.5, 0.6) is 11.6 Å². The van der Waals surface area contributed by atoms with E-state index in [2.05, 4.69) is 41.4 Å². The molecule has 102 valence electrons. The van der Waals surface area contributed by atoms with Crippen LogP contribution in [0, 0.1) is 0 Å². The van der Waals surface area contributed by atoms with Crippen LogP contribution < -0.4 is 10.1 Å². The number of halogens is 1. The summed E-state index contributed by atoms with van der Waals surface area (Å²) in [5, 5.41) is 10.6. The van der Waals surface area contributed by atoms with Crippen LogP contribution in [0.4, 0.5) is 5.95 Å². The van der Waals surface area contributed by atoms with E-state index in [0.29, 0.717) is 23.2 Å². The highest BCUT2D eigenvalue weighted by Gasteiger charge is 2.11. The lowest BCUT2D eigenvalue weighted by atomic mass is 10.3. The molecule has 0 atom stereocenters. The maximum atomic E-state index is 5.82. The number of hydrogen-bond acceptors (Lipinski definition) is 5. The first-order chi connectivity index (χ1) is 9.76. The van der Waals surface area contributed by atoms with E-state index in [1.807, 2.05) is 31.2 Å². The van der Waals surface area contributed by atoms with E-state index >= 15 is 0 Å². The van der Waals surface area contributed by atoms with Gasteiger partial charge in [0.25, 0.3) is 0 Å². The van der Waals surface area contributed by atoms with Gasteiger partial charge in [0.15, 0.2) is 5.65 Å². The van der Waals surface area contributed by atoms with Crippen LogP contribution in [0.1, 0.15) is 6.92 Å². The molecule has 20 heavy (non-hydrogen) atoms. The Labute approximate surface area is 123 Å². The summed E-state index contributed by atoms with van der Waals surface area (Å²) in [5.41, 5.74) is 0.642. The average Bonchev–Trinajstić information content (AvgIpc) is 2.90. The maximum Gasteiger partial charge on any atom is 0.235 e. The van der Waals surface area contributed by atoms with Gasteiger partial charge in [-0.2, -0.15) is 15.1 Å². The van der Waals surface area contributed by atoms with Crippen LogP contribution in [0.2, 0.25) is 0 Å². The van der Waals surface area contributed by atoms with Crippen molar-refractivity contribution < 1.29 is 4.74 Å². The molecule has 7 heteroatoms. The Morgan fingerprint density at radius 2 is 2.05 bits per heavy atom. The van der Waals surface area contributed by atoms with Crippen molar-refractivity contribution >= 4 is 32.9 Å². The fourth-order valence-electron chi connectivity index (χ4n) is 1.74. The minimum Gasteiger partial charge on any atom is -0.438 e. The minimum absolute atomic E-state index is 0.474. The first-order valence-corrected chi connectivity index (χ1v) is 6.94. The zero-order valence-corrected chi connectivity index (χ0v) is 12.3. The highest BCUT2D eigenvalue weighted by atomic mass is 79.9. The Balaban J connectivity index is 2.00. The number of fused-ring (bicyclic) bond motifs is 1. The van der Waals surface area contributed by atoms with Crippen molar-refractivity contribution in [1.29, 1.82) is 0 Å². The summed E-state index contributed by atoms with van der Waals surface area (Å²) in [6, 6.07) is 7.55. The number of nitrogens with zero attached hydrogens (tertiary/aromatic N) is 3. The SMILES string of the molecule is CCNc1nc(Oc2ccc(Br)cc2)c2cn[nH]c2n1. The summed E-state index contributed by atoms with van der Waals surface area (Å²) in [5.74, 6) is 1.69. The van der Waals surface area contributed by atoms with Crippen molar-refractivity contribution in [3.05, 3.63) is 34.9 Å². The topological polar surface area (TPSA) is 75.7 Å². The first-order valence-electron chi connectivity index (χ1n) is 6.14. The predicted octanol–water partition coefficient (Wildman–Crippen LogP) is 3.34. The molecule has 3 rings (SSSR count). The molecule has 2 aromatic heterocycles. The number of rotatable bonds is 4. The van der Waals surface area contributed by atoms with E-state index in [1.54, 1.807) is 6.20 Å². The molecule has 0 spiro atoms. The molecular weight excluding hydrogens is 322 g/mol.